The first-order valence-electron chi connectivity index (χ1n) is 9.31. The van der Waals surface area contributed by atoms with Crippen LogP contribution < -0.4 is 10.1 Å². The molecule has 1 aromatic heterocycles. The highest BCUT2D eigenvalue weighted by molar-refractivity contribution is 5.76. The Labute approximate surface area is 153 Å². The summed E-state index contributed by atoms with van der Waals surface area (Å²) in [6, 6.07) is 10.0. The SMILES string of the molecule is O=C(CCc1cccnc1)N[C@@H](c1ccc2c(c1)CCO2)C1CC(O)C1. The van der Waals surface area contributed by atoms with Crippen LogP contribution in [0.15, 0.2) is 42.7 Å². The Morgan fingerprint density at radius 3 is 3.00 bits per heavy atom. The molecular formula is C21H24N2O3. The van der Waals surface area contributed by atoms with E-state index in [2.05, 4.69) is 16.4 Å². The number of carbonyl (C=O) groups is 1. The maximum Gasteiger partial charge on any atom is 0.220 e. The maximum absolute atomic E-state index is 12.5. The van der Waals surface area contributed by atoms with Crippen molar-refractivity contribution in [1.82, 2.24) is 10.3 Å². The van der Waals surface area contributed by atoms with E-state index < -0.39 is 0 Å². The van der Waals surface area contributed by atoms with Crippen LogP contribution in [0.3, 0.4) is 0 Å². The van der Waals surface area contributed by atoms with E-state index in [0.717, 1.165) is 42.7 Å². The Bertz CT molecular complexity index is 772. The van der Waals surface area contributed by atoms with Gasteiger partial charge in [-0.1, -0.05) is 12.1 Å². The van der Waals surface area contributed by atoms with Gasteiger partial charge in [-0.2, -0.15) is 0 Å². The number of aliphatic hydroxyl groups excluding tert-OH is 1. The average Bonchev–Trinajstić information content (AvgIpc) is 3.11. The number of nitrogens with one attached hydrogen (secondary N) is 1. The molecule has 4 rings (SSSR count). The predicted molar refractivity (Wildman–Crippen MR) is 97.8 cm³/mol. The standard InChI is InChI=1S/C21H24N2O3/c24-18-11-17(12-18)21(16-4-5-19-15(10-16)7-9-26-19)23-20(25)6-3-14-2-1-8-22-13-14/h1-2,4-5,8,10,13,17-18,21,24H,3,6-7,9,11-12H2,(H,23,25)/t17?,18?,21-/m0/s1. The molecule has 2 aromatic rings. The molecule has 1 amide bonds. The van der Waals surface area contributed by atoms with Crippen molar-refractivity contribution in [1.29, 1.82) is 0 Å². The van der Waals surface area contributed by atoms with Crippen molar-refractivity contribution < 1.29 is 14.6 Å². The zero-order valence-corrected chi connectivity index (χ0v) is 14.7. The maximum atomic E-state index is 12.5. The van der Waals surface area contributed by atoms with Crippen molar-refractivity contribution in [2.45, 2.75) is 44.2 Å². The third kappa shape index (κ3) is 3.73. The van der Waals surface area contributed by atoms with Crippen LogP contribution in [0.25, 0.3) is 0 Å². The number of carbonyl (C=O) groups excluding carboxylic acids is 1. The van der Waals surface area contributed by atoms with Crippen LogP contribution in [0.1, 0.15) is 42.0 Å². The number of hydrogen-bond donors (Lipinski definition) is 2. The molecule has 2 aliphatic rings. The monoisotopic (exact) mass is 352 g/mol. The van der Waals surface area contributed by atoms with Gasteiger partial charge in [0.05, 0.1) is 18.8 Å². The zero-order valence-electron chi connectivity index (χ0n) is 14.7. The Morgan fingerprint density at radius 1 is 1.35 bits per heavy atom. The number of ether oxygens (including phenoxy) is 1. The summed E-state index contributed by atoms with van der Waals surface area (Å²) in [5.74, 6) is 1.27. The number of aliphatic hydroxyl groups is 1. The number of amides is 1. The molecule has 0 spiro atoms. The largest absolute Gasteiger partial charge is 0.493 e. The van der Waals surface area contributed by atoms with Crippen molar-refractivity contribution in [2.75, 3.05) is 6.61 Å². The lowest BCUT2D eigenvalue weighted by molar-refractivity contribution is -0.123. The van der Waals surface area contributed by atoms with Crippen LogP contribution in [-0.2, 0) is 17.6 Å². The summed E-state index contributed by atoms with van der Waals surface area (Å²) >= 11 is 0. The van der Waals surface area contributed by atoms with Gasteiger partial charge in [0.2, 0.25) is 5.91 Å². The normalized spacial score (nSPS) is 22.0. The molecule has 1 saturated carbocycles. The highest BCUT2D eigenvalue weighted by Gasteiger charge is 2.36. The van der Waals surface area contributed by atoms with Gasteiger partial charge in [-0.25, -0.2) is 0 Å². The quantitative estimate of drug-likeness (QED) is 0.838. The summed E-state index contributed by atoms with van der Waals surface area (Å²) in [5, 5.41) is 12.9. The molecule has 26 heavy (non-hydrogen) atoms. The van der Waals surface area contributed by atoms with Crippen LogP contribution in [0.5, 0.6) is 5.75 Å². The van der Waals surface area contributed by atoms with E-state index in [-0.39, 0.29) is 24.0 Å². The van der Waals surface area contributed by atoms with Crippen LogP contribution in [-0.4, -0.2) is 28.7 Å². The van der Waals surface area contributed by atoms with Crippen LogP contribution >= 0.6 is 0 Å². The lowest BCUT2D eigenvalue weighted by atomic mass is 9.74. The van der Waals surface area contributed by atoms with E-state index in [9.17, 15) is 9.90 Å². The number of aryl methyl sites for hydroxylation is 1. The number of nitrogens with zero attached hydrogens (tertiary/aromatic N) is 1. The van der Waals surface area contributed by atoms with Crippen molar-refractivity contribution in [3.05, 3.63) is 59.4 Å². The van der Waals surface area contributed by atoms with Gasteiger partial charge >= 0.3 is 0 Å². The lowest BCUT2D eigenvalue weighted by Crippen LogP contribution is -2.41. The zero-order chi connectivity index (χ0) is 17.9. The molecule has 1 aromatic carbocycles. The number of benzene rings is 1. The lowest BCUT2D eigenvalue weighted by Gasteiger charge is -2.38. The van der Waals surface area contributed by atoms with E-state index >= 15 is 0 Å². The first-order chi connectivity index (χ1) is 12.7. The molecule has 1 fully saturated rings. The summed E-state index contributed by atoms with van der Waals surface area (Å²) in [6.45, 7) is 0.725. The van der Waals surface area contributed by atoms with Gasteiger partial charge < -0.3 is 15.2 Å². The minimum absolute atomic E-state index is 0.0389. The Kier molecular flexibility index (Phi) is 4.89. The van der Waals surface area contributed by atoms with Gasteiger partial charge in [0.25, 0.3) is 0 Å². The minimum Gasteiger partial charge on any atom is -0.493 e. The van der Waals surface area contributed by atoms with Gasteiger partial charge in [0, 0.05) is 25.2 Å². The average molecular weight is 352 g/mol. The number of fused-ring (bicyclic) bond motifs is 1. The van der Waals surface area contributed by atoms with E-state index in [4.69, 9.17) is 4.74 Å². The second-order valence-corrected chi connectivity index (χ2v) is 7.26. The Balaban J connectivity index is 1.44. The van der Waals surface area contributed by atoms with Crippen molar-refractivity contribution >= 4 is 5.91 Å². The third-order valence-corrected chi connectivity index (χ3v) is 5.37. The van der Waals surface area contributed by atoms with Crippen LogP contribution in [0.2, 0.25) is 0 Å². The third-order valence-electron chi connectivity index (χ3n) is 5.37. The fourth-order valence-corrected chi connectivity index (χ4v) is 3.82. The number of aromatic nitrogens is 1. The van der Waals surface area contributed by atoms with Gasteiger partial charge in [-0.05, 0) is 60.1 Å². The summed E-state index contributed by atoms with van der Waals surface area (Å²) in [5.41, 5.74) is 3.38. The van der Waals surface area contributed by atoms with E-state index in [0.29, 0.717) is 12.8 Å². The van der Waals surface area contributed by atoms with Gasteiger partial charge in [-0.15, -0.1) is 0 Å². The molecule has 0 radical (unpaired) electrons. The number of pyridine rings is 1. The molecular weight excluding hydrogens is 328 g/mol. The van der Waals surface area contributed by atoms with E-state index in [1.54, 1.807) is 12.4 Å². The molecule has 1 aliphatic carbocycles. The van der Waals surface area contributed by atoms with Crippen molar-refractivity contribution in [2.24, 2.45) is 5.92 Å². The highest BCUT2D eigenvalue weighted by atomic mass is 16.5. The number of hydrogen-bond acceptors (Lipinski definition) is 4. The molecule has 5 nitrogen and oxygen atoms in total. The van der Waals surface area contributed by atoms with E-state index in [1.807, 2.05) is 24.3 Å². The van der Waals surface area contributed by atoms with Gasteiger partial charge in [0.1, 0.15) is 5.75 Å². The summed E-state index contributed by atoms with van der Waals surface area (Å²) in [6.07, 6.45) is 6.79. The van der Waals surface area contributed by atoms with Crippen LogP contribution in [0.4, 0.5) is 0 Å². The molecule has 0 unspecified atom stereocenters. The second-order valence-electron chi connectivity index (χ2n) is 7.26. The first kappa shape index (κ1) is 17.0. The first-order valence-corrected chi connectivity index (χ1v) is 9.31. The molecule has 2 N–H and O–H groups in total. The molecule has 0 saturated heterocycles. The smallest absolute Gasteiger partial charge is 0.220 e. The Morgan fingerprint density at radius 2 is 2.23 bits per heavy atom. The summed E-state index contributed by atoms with van der Waals surface area (Å²) in [7, 11) is 0. The van der Waals surface area contributed by atoms with Crippen LogP contribution in [0, 0.1) is 5.92 Å². The Hall–Kier alpha value is -2.40. The molecule has 2 heterocycles. The molecule has 1 aliphatic heterocycles. The highest BCUT2D eigenvalue weighted by Crippen LogP contribution is 2.39. The summed E-state index contributed by atoms with van der Waals surface area (Å²) < 4.78 is 5.59. The van der Waals surface area contributed by atoms with Gasteiger partial charge in [0.15, 0.2) is 0 Å². The number of rotatable bonds is 6. The topological polar surface area (TPSA) is 71.5 Å². The van der Waals surface area contributed by atoms with Crippen molar-refractivity contribution in [3.63, 3.8) is 0 Å². The van der Waals surface area contributed by atoms with Crippen molar-refractivity contribution in [3.8, 4) is 5.75 Å². The molecule has 1 atom stereocenters. The molecule has 5 heteroatoms. The second kappa shape index (κ2) is 7.46. The van der Waals surface area contributed by atoms with E-state index in [1.165, 1.54) is 5.56 Å². The predicted octanol–water partition coefficient (Wildman–Crippen LogP) is 2.58. The molecule has 136 valence electrons. The fraction of sp³-hybridized carbons (Fsp3) is 0.429. The molecule has 0 bridgehead atoms. The van der Waals surface area contributed by atoms with Gasteiger partial charge in [-0.3, -0.25) is 9.78 Å². The summed E-state index contributed by atoms with van der Waals surface area (Å²) in [4.78, 5) is 16.6. The fourth-order valence-electron chi connectivity index (χ4n) is 3.82. The minimum atomic E-state index is -0.243.